The molecule has 0 aromatic carbocycles. The molecule has 2 nitrogen and oxygen atoms in total. The van der Waals surface area contributed by atoms with Crippen molar-refractivity contribution in [2.24, 2.45) is 5.92 Å². The minimum atomic E-state index is 0.163. The number of amides is 1. The van der Waals surface area contributed by atoms with Crippen molar-refractivity contribution in [3.8, 4) is 0 Å². The monoisotopic (exact) mass is 289 g/mol. The second kappa shape index (κ2) is 5.63. The first kappa shape index (κ1) is 13.2. The van der Waals surface area contributed by atoms with Gasteiger partial charge in [-0.25, -0.2) is 0 Å². The number of carbonyl (C=O) groups is 1. The van der Waals surface area contributed by atoms with Crippen molar-refractivity contribution in [2.45, 2.75) is 25.6 Å². The van der Waals surface area contributed by atoms with E-state index in [1.165, 1.54) is 4.88 Å². The van der Waals surface area contributed by atoms with Gasteiger partial charge >= 0.3 is 0 Å². The zero-order chi connectivity index (χ0) is 12.4. The van der Waals surface area contributed by atoms with Crippen LogP contribution in [0, 0.1) is 5.92 Å². The van der Waals surface area contributed by atoms with Gasteiger partial charge in [0, 0.05) is 23.6 Å². The number of thioether (sulfide) groups is 1. The summed E-state index contributed by atoms with van der Waals surface area (Å²) in [6, 6.07) is 3.95. The molecule has 1 aliphatic heterocycles. The summed E-state index contributed by atoms with van der Waals surface area (Å²) in [6.45, 7) is 5.11. The highest BCUT2D eigenvalue weighted by molar-refractivity contribution is 7.99. The molecule has 0 N–H and O–H groups in total. The first-order valence-electron chi connectivity index (χ1n) is 5.74. The predicted octanol–water partition coefficient (Wildman–Crippen LogP) is 4.02. The zero-order valence-electron chi connectivity index (χ0n) is 9.98. The highest BCUT2D eigenvalue weighted by atomic mass is 35.5. The Labute approximate surface area is 115 Å². The van der Waals surface area contributed by atoms with Gasteiger partial charge in [0.15, 0.2) is 0 Å². The summed E-state index contributed by atoms with van der Waals surface area (Å²) in [5.74, 6) is 1.68. The lowest BCUT2D eigenvalue weighted by Gasteiger charge is -2.35. The quantitative estimate of drug-likeness (QED) is 0.837. The summed E-state index contributed by atoms with van der Waals surface area (Å²) in [4.78, 5) is 15.2. The van der Waals surface area contributed by atoms with E-state index in [0.717, 1.165) is 16.6 Å². The summed E-state index contributed by atoms with van der Waals surface area (Å²) in [5.41, 5.74) is 0. The molecule has 2 heterocycles. The van der Waals surface area contributed by atoms with E-state index in [1.54, 1.807) is 11.3 Å². The fourth-order valence-electron chi connectivity index (χ4n) is 1.91. The van der Waals surface area contributed by atoms with Gasteiger partial charge in [-0.15, -0.1) is 23.1 Å². The second-order valence-corrected chi connectivity index (χ2v) is 7.49. The van der Waals surface area contributed by atoms with Crippen LogP contribution in [0.5, 0.6) is 0 Å². The molecule has 1 atom stereocenters. The van der Waals surface area contributed by atoms with Gasteiger partial charge in [-0.1, -0.05) is 25.4 Å². The van der Waals surface area contributed by atoms with Crippen LogP contribution in [0.1, 0.15) is 30.5 Å². The Hall–Kier alpha value is -0.190. The molecule has 1 aromatic rings. The van der Waals surface area contributed by atoms with E-state index < -0.39 is 0 Å². The first-order chi connectivity index (χ1) is 8.08. The van der Waals surface area contributed by atoms with Crippen molar-refractivity contribution in [3.05, 3.63) is 21.3 Å². The van der Waals surface area contributed by atoms with Crippen LogP contribution >= 0.6 is 34.7 Å². The van der Waals surface area contributed by atoms with Crippen LogP contribution in [0.3, 0.4) is 0 Å². The predicted molar refractivity (Wildman–Crippen MR) is 75.7 cm³/mol. The lowest BCUT2D eigenvalue weighted by Crippen LogP contribution is -2.39. The summed E-state index contributed by atoms with van der Waals surface area (Å²) in [6.07, 6.45) is 0.660. The van der Waals surface area contributed by atoms with Gasteiger partial charge in [-0.2, -0.15) is 0 Å². The molecule has 5 heteroatoms. The van der Waals surface area contributed by atoms with Crippen LogP contribution in [0.25, 0.3) is 0 Å². The third-order valence-electron chi connectivity index (χ3n) is 2.59. The molecule has 1 fully saturated rings. The maximum atomic E-state index is 12.0. The lowest BCUT2D eigenvalue weighted by molar-refractivity contribution is -0.132. The molecule has 0 saturated carbocycles. The Kier molecular flexibility index (Phi) is 4.39. The van der Waals surface area contributed by atoms with E-state index in [0.29, 0.717) is 12.3 Å². The van der Waals surface area contributed by atoms with Gasteiger partial charge in [0.05, 0.1) is 4.34 Å². The number of hydrogen-bond acceptors (Lipinski definition) is 3. The first-order valence-corrected chi connectivity index (χ1v) is 7.98. The van der Waals surface area contributed by atoms with Gasteiger partial charge in [-0.05, 0) is 18.1 Å². The molecule has 1 aliphatic rings. The third-order valence-corrected chi connectivity index (χ3v) is 5.29. The van der Waals surface area contributed by atoms with Gasteiger partial charge in [0.1, 0.15) is 5.37 Å². The van der Waals surface area contributed by atoms with E-state index in [1.807, 2.05) is 28.8 Å². The number of thiophene rings is 1. The number of carbonyl (C=O) groups excluding carboxylic acids is 1. The van der Waals surface area contributed by atoms with Crippen LogP contribution < -0.4 is 0 Å². The van der Waals surface area contributed by atoms with Gasteiger partial charge < -0.3 is 4.90 Å². The van der Waals surface area contributed by atoms with Crippen molar-refractivity contribution in [1.82, 2.24) is 4.90 Å². The van der Waals surface area contributed by atoms with E-state index in [2.05, 4.69) is 13.8 Å². The standard InChI is InChI=1S/C12H16ClNOS2/c1-8(2)7-14-11(15)5-6-16-12(14)9-3-4-10(13)17-9/h3-4,8,12H,5-7H2,1-2H3. The van der Waals surface area contributed by atoms with Gasteiger partial charge in [0.25, 0.3) is 0 Å². The van der Waals surface area contributed by atoms with Crippen molar-refractivity contribution >= 4 is 40.6 Å². The van der Waals surface area contributed by atoms with Crippen LogP contribution in [-0.2, 0) is 4.79 Å². The van der Waals surface area contributed by atoms with E-state index >= 15 is 0 Å². The zero-order valence-corrected chi connectivity index (χ0v) is 12.4. The highest BCUT2D eigenvalue weighted by Crippen LogP contribution is 2.41. The molecule has 0 bridgehead atoms. The highest BCUT2D eigenvalue weighted by Gasteiger charge is 2.30. The summed E-state index contributed by atoms with van der Waals surface area (Å²) < 4.78 is 0.795. The Morgan fingerprint density at radius 1 is 1.53 bits per heavy atom. The van der Waals surface area contributed by atoms with Crippen LogP contribution in [-0.4, -0.2) is 23.1 Å². The molecule has 0 aliphatic carbocycles. The largest absolute Gasteiger partial charge is 0.325 e. The second-order valence-electron chi connectivity index (χ2n) is 4.55. The number of hydrogen-bond donors (Lipinski definition) is 0. The Balaban J connectivity index is 2.20. The molecule has 1 amide bonds. The van der Waals surface area contributed by atoms with E-state index in [4.69, 9.17) is 11.6 Å². The Morgan fingerprint density at radius 3 is 2.88 bits per heavy atom. The van der Waals surface area contributed by atoms with E-state index in [-0.39, 0.29) is 11.3 Å². The fourth-order valence-corrected chi connectivity index (χ4v) is 4.46. The normalized spacial score (nSPS) is 21.3. The molecule has 1 aromatic heterocycles. The molecule has 17 heavy (non-hydrogen) atoms. The molecule has 0 spiro atoms. The molecule has 1 saturated heterocycles. The van der Waals surface area contributed by atoms with Crippen LogP contribution in [0.2, 0.25) is 4.34 Å². The van der Waals surface area contributed by atoms with Crippen LogP contribution in [0.4, 0.5) is 0 Å². The molecular formula is C12H16ClNOS2. The molecule has 0 radical (unpaired) electrons. The van der Waals surface area contributed by atoms with Crippen molar-refractivity contribution in [2.75, 3.05) is 12.3 Å². The fraction of sp³-hybridized carbons (Fsp3) is 0.583. The SMILES string of the molecule is CC(C)CN1C(=O)CCSC1c1ccc(Cl)s1. The summed E-state index contributed by atoms with van der Waals surface area (Å²) in [7, 11) is 0. The average Bonchev–Trinajstić information content (AvgIpc) is 2.67. The average molecular weight is 290 g/mol. The summed E-state index contributed by atoms with van der Waals surface area (Å²) >= 11 is 9.39. The number of rotatable bonds is 3. The minimum Gasteiger partial charge on any atom is -0.325 e. The summed E-state index contributed by atoms with van der Waals surface area (Å²) in [5, 5.41) is 0.163. The van der Waals surface area contributed by atoms with Crippen molar-refractivity contribution in [1.29, 1.82) is 0 Å². The lowest BCUT2D eigenvalue weighted by atomic mass is 10.2. The Morgan fingerprint density at radius 2 is 2.29 bits per heavy atom. The maximum Gasteiger partial charge on any atom is 0.224 e. The maximum absolute atomic E-state index is 12.0. The van der Waals surface area contributed by atoms with E-state index in [9.17, 15) is 4.79 Å². The molecule has 94 valence electrons. The topological polar surface area (TPSA) is 20.3 Å². The molecular weight excluding hydrogens is 274 g/mol. The number of nitrogens with zero attached hydrogens (tertiary/aromatic N) is 1. The van der Waals surface area contributed by atoms with Gasteiger partial charge in [-0.3, -0.25) is 4.79 Å². The Bertz CT molecular complexity index is 405. The third kappa shape index (κ3) is 3.18. The van der Waals surface area contributed by atoms with Gasteiger partial charge in [0.2, 0.25) is 5.91 Å². The van der Waals surface area contributed by atoms with Crippen LogP contribution in [0.15, 0.2) is 12.1 Å². The smallest absolute Gasteiger partial charge is 0.224 e. The number of halogens is 1. The minimum absolute atomic E-state index is 0.163. The molecule has 1 unspecified atom stereocenters. The van der Waals surface area contributed by atoms with Crippen molar-refractivity contribution < 1.29 is 4.79 Å². The molecule has 2 rings (SSSR count). The van der Waals surface area contributed by atoms with Crippen molar-refractivity contribution in [3.63, 3.8) is 0 Å².